The standard InChI is InChI=1S/C19H17FN2O2S/c1-3-8-14(16(20)4-2)17(23)12-25-19(22)15(11-21)18(24)13-9-6-5-7-10-13/h3-10H,1,12,22H2,2H3/b14-8+,16-4+,19-15-. The van der Waals surface area contributed by atoms with Crippen LogP contribution in [0.4, 0.5) is 4.39 Å². The number of benzene rings is 1. The molecule has 1 rings (SSSR count). The van der Waals surface area contributed by atoms with Crippen LogP contribution in [0.1, 0.15) is 17.3 Å². The fraction of sp³-hybridized carbons (Fsp3) is 0.105. The topological polar surface area (TPSA) is 83.9 Å². The monoisotopic (exact) mass is 356 g/mol. The van der Waals surface area contributed by atoms with Crippen molar-refractivity contribution in [2.24, 2.45) is 5.73 Å². The summed E-state index contributed by atoms with van der Waals surface area (Å²) < 4.78 is 13.7. The number of ketones is 2. The first kappa shape index (κ1) is 20.1. The largest absolute Gasteiger partial charge is 0.392 e. The molecule has 2 N–H and O–H groups in total. The van der Waals surface area contributed by atoms with Crippen molar-refractivity contribution < 1.29 is 14.0 Å². The molecule has 0 atom stereocenters. The Bertz CT molecular complexity index is 802. The third kappa shape index (κ3) is 5.59. The molecule has 4 nitrogen and oxygen atoms in total. The Morgan fingerprint density at radius 2 is 2.00 bits per heavy atom. The summed E-state index contributed by atoms with van der Waals surface area (Å²) in [4.78, 5) is 24.4. The highest BCUT2D eigenvalue weighted by atomic mass is 32.2. The SMILES string of the molecule is C=C/C=C(C(=O)CS/C(N)=C(/C#N)C(=O)c1ccccc1)\C(F)=C/C. The van der Waals surface area contributed by atoms with E-state index in [9.17, 15) is 19.2 Å². The Hall–Kier alpha value is -2.91. The number of rotatable bonds is 8. The zero-order valence-electron chi connectivity index (χ0n) is 13.7. The van der Waals surface area contributed by atoms with E-state index in [1.807, 2.05) is 0 Å². The molecule has 0 saturated heterocycles. The minimum Gasteiger partial charge on any atom is -0.392 e. The van der Waals surface area contributed by atoms with Crippen molar-refractivity contribution in [1.29, 1.82) is 5.26 Å². The van der Waals surface area contributed by atoms with Crippen LogP contribution in [0, 0.1) is 11.3 Å². The molecule has 0 aliphatic carbocycles. The predicted octanol–water partition coefficient (Wildman–Crippen LogP) is 3.85. The summed E-state index contributed by atoms with van der Waals surface area (Å²) >= 11 is 0.818. The Morgan fingerprint density at radius 1 is 1.36 bits per heavy atom. The molecule has 25 heavy (non-hydrogen) atoms. The van der Waals surface area contributed by atoms with E-state index in [-0.39, 0.29) is 21.9 Å². The number of carbonyl (C=O) groups is 2. The van der Waals surface area contributed by atoms with Gasteiger partial charge in [-0.2, -0.15) is 5.26 Å². The number of thioether (sulfide) groups is 1. The van der Waals surface area contributed by atoms with Crippen LogP contribution in [-0.2, 0) is 4.79 Å². The molecular formula is C19H17FN2O2S. The lowest BCUT2D eigenvalue weighted by atomic mass is 10.1. The molecule has 0 saturated carbocycles. The molecule has 0 aliphatic rings. The van der Waals surface area contributed by atoms with E-state index < -0.39 is 17.4 Å². The van der Waals surface area contributed by atoms with Crippen molar-refractivity contribution in [3.63, 3.8) is 0 Å². The molecule has 128 valence electrons. The van der Waals surface area contributed by atoms with Gasteiger partial charge in [0, 0.05) is 5.56 Å². The maximum absolute atomic E-state index is 13.7. The second-order valence-corrected chi connectivity index (χ2v) is 5.73. The quantitative estimate of drug-likeness (QED) is 0.331. The van der Waals surface area contributed by atoms with Gasteiger partial charge in [-0.25, -0.2) is 4.39 Å². The highest BCUT2D eigenvalue weighted by molar-refractivity contribution is 8.03. The van der Waals surface area contributed by atoms with Crippen LogP contribution < -0.4 is 5.73 Å². The van der Waals surface area contributed by atoms with Gasteiger partial charge in [0.05, 0.1) is 16.4 Å². The lowest BCUT2D eigenvalue weighted by Crippen LogP contribution is -2.12. The molecular weight excluding hydrogens is 339 g/mol. The van der Waals surface area contributed by atoms with Crippen molar-refractivity contribution in [1.82, 2.24) is 0 Å². The van der Waals surface area contributed by atoms with Gasteiger partial charge < -0.3 is 5.73 Å². The van der Waals surface area contributed by atoms with E-state index in [1.165, 1.54) is 19.1 Å². The number of nitriles is 1. The molecule has 1 aromatic carbocycles. The Morgan fingerprint density at radius 3 is 2.52 bits per heavy atom. The van der Waals surface area contributed by atoms with Gasteiger partial charge in [-0.05, 0) is 13.0 Å². The maximum atomic E-state index is 13.7. The fourth-order valence-corrected chi connectivity index (χ4v) is 2.55. The summed E-state index contributed by atoms with van der Waals surface area (Å²) in [6, 6.07) is 9.98. The molecule has 1 aromatic rings. The van der Waals surface area contributed by atoms with Gasteiger partial charge in [-0.15, -0.1) is 0 Å². The third-order valence-corrected chi connectivity index (χ3v) is 4.00. The van der Waals surface area contributed by atoms with Crippen LogP contribution >= 0.6 is 11.8 Å². The van der Waals surface area contributed by atoms with Gasteiger partial charge in [0.1, 0.15) is 17.5 Å². The number of hydrogen-bond donors (Lipinski definition) is 1. The summed E-state index contributed by atoms with van der Waals surface area (Å²) in [6.45, 7) is 4.91. The first-order valence-electron chi connectivity index (χ1n) is 7.26. The van der Waals surface area contributed by atoms with Crippen molar-refractivity contribution in [3.8, 4) is 6.07 Å². The zero-order valence-corrected chi connectivity index (χ0v) is 14.5. The van der Waals surface area contributed by atoms with Crippen LogP contribution in [0.3, 0.4) is 0 Å². The Kier molecular flexibility index (Phi) is 8.10. The van der Waals surface area contributed by atoms with Crippen LogP contribution in [0.5, 0.6) is 0 Å². The van der Waals surface area contributed by atoms with Crippen LogP contribution in [0.15, 0.2) is 77.1 Å². The zero-order chi connectivity index (χ0) is 18.8. The molecule has 0 bridgehead atoms. The number of nitrogens with two attached hydrogens (primary N) is 1. The number of halogens is 1. The van der Waals surface area contributed by atoms with Crippen molar-refractivity contribution in [2.75, 3.05) is 5.75 Å². The van der Waals surface area contributed by atoms with Crippen molar-refractivity contribution >= 4 is 23.3 Å². The van der Waals surface area contributed by atoms with Gasteiger partial charge in [-0.1, -0.05) is 60.8 Å². The van der Waals surface area contributed by atoms with Gasteiger partial charge in [0.25, 0.3) is 0 Å². The predicted molar refractivity (Wildman–Crippen MR) is 98.2 cm³/mol. The average Bonchev–Trinajstić information content (AvgIpc) is 2.64. The number of Topliss-reactive ketones (excluding diaryl/α,β-unsaturated/α-hetero) is 2. The molecule has 0 heterocycles. The van der Waals surface area contributed by atoms with E-state index in [2.05, 4.69) is 6.58 Å². The van der Waals surface area contributed by atoms with Crippen LogP contribution in [0.2, 0.25) is 0 Å². The first-order valence-corrected chi connectivity index (χ1v) is 8.25. The summed E-state index contributed by atoms with van der Waals surface area (Å²) in [7, 11) is 0. The average molecular weight is 356 g/mol. The first-order chi connectivity index (χ1) is 12.0. The second kappa shape index (κ2) is 10.1. The molecule has 0 aliphatic heterocycles. The highest BCUT2D eigenvalue weighted by Gasteiger charge is 2.18. The number of hydrogen-bond acceptors (Lipinski definition) is 5. The van der Waals surface area contributed by atoms with Crippen LogP contribution in [-0.4, -0.2) is 17.3 Å². The van der Waals surface area contributed by atoms with Crippen molar-refractivity contribution in [2.45, 2.75) is 6.92 Å². The lowest BCUT2D eigenvalue weighted by Gasteiger charge is -2.06. The summed E-state index contributed by atoms with van der Waals surface area (Å²) in [5, 5.41) is 9.13. The molecule has 0 amide bonds. The second-order valence-electron chi connectivity index (χ2n) is 4.71. The van der Waals surface area contributed by atoms with E-state index in [1.54, 1.807) is 36.4 Å². The van der Waals surface area contributed by atoms with Crippen molar-refractivity contribution in [3.05, 3.63) is 82.7 Å². The molecule has 0 radical (unpaired) electrons. The van der Waals surface area contributed by atoms with E-state index in [0.717, 1.165) is 17.8 Å². The lowest BCUT2D eigenvalue weighted by molar-refractivity contribution is -0.113. The molecule has 0 aromatic heterocycles. The summed E-state index contributed by atoms with van der Waals surface area (Å²) in [5.74, 6) is -1.93. The van der Waals surface area contributed by atoms with Gasteiger partial charge in [0.2, 0.25) is 5.78 Å². The number of allylic oxidation sites excluding steroid dienone is 6. The number of carbonyl (C=O) groups excluding carboxylic acids is 2. The minimum atomic E-state index is -0.672. The summed E-state index contributed by atoms with van der Waals surface area (Å²) in [6.07, 6.45) is 3.73. The minimum absolute atomic E-state index is 0.0801. The Labute approximate surface area is 150 Å². The van der Waals surface area contributed by atoms with Crippen LogP contribution in [0.25, 0.3) is 0 Å². The van der Waals surface area contributed by atoms with Gasteiger partial charge in [-0.3, -0.25) is 9.59 Å². The smallest absolute Gasteiger partial charge is 0.206 e. The molecule has 6 heteroatoms. The van der Waals surface area contributed by atoms with E-state index >= 15 is 0 Å². The Balaban J connectivity index is 2.97. The fourth-order valence-electron chi connectivity index (χ4n) is 1.82. The maximum Gasteiger partial charge on any atom is 0.206 e. The summed E-state index contributed by atoms with van der Waals surface area (Å²) in [5.41, 5.74) is 5.74. The van der Waals surface area contributed by atoms with Gasteiger partial charge >= 0.3 is 0 Å². The number of nitrogens with zero attached hydrogens (tertiary/aromatic N) is 1. The molecule has 0 unspecified atom stereocenters. The normalized spacial score (nSPS) is 12.8. The van der Waals surface area contributed by atoms with Gasteiger partial charge in [0.15, 0.2) is 5.78 Å². The van der Waals surface area contributed by atoms with E-state index in [0.29, 0.717) is 5.56 Å². The molecule has 0 fully saturated rings. The third-order valence-electron chi connectivity index (χ3n) is 3.08. The highest BCUT2D eigenvalue weighted by Crippen LogP contribution is 2.21. The molecule has 0 spiro atoms. The van der Waals surface area contributed by atoms with E-state index in [4.69, 9.17) is 5.73 Å².